The Morgan fingerprint density at radius 1 is 0.652 bits per heavy atom. The van der Waals surface area contributed by atoms with Gasteiger partial charge in [0, 0.05) is 18.8 Å². The third-order valence-corrected chi connectivity index (χ3v) is 3.75. The standard InChI is InChI=1S/C20H18N2O/c23-21-19-11-13-20(14-12-19)22(15-17-7-3-1-4-8-17)16-18-9-5-2-6-10-18/h1-14H,15-16H2. The maximum atomic E-state index is 10.6. The van der Waals surface area contributed by atoms with E-state index in [0.717, 1.165) is 18.8 Å². The summed E-state index contributed by atoms with van der Waals surface area (Å²) in [6.07, 6.45) is 0. The Hall–Kier alpha value is -2.94. The van der Waals surface area contributed by atoms with E-state index in [4.69, 9.17) is 0 Å². The molecule has 3 rings (SSSR count). The van der Waals surface area contributed by atoms with Crippen LogP contribution in [0, 0.1) is 4.91 Å². The number of nitrogens with zero attached hydrogens (tertiary/aromatic N) is 2. The molecule has 0 unspecified atom stereocenters. The third kappa shape index (κ3) is 4.04. The molecule has 3 aromatic carbocycles. The summed E-state index contributed by atoms with van der Waals surface area (Å²) in [6.45, 7) is 1.62. The van der Waals surface area contributed by atoms with Crippen LogP contribution in [0.1, 0.15) is 11.1 Å². The summed E-state index contributed by atoms with van der Waals surface area (Å²) in [7, 11) is 0. The molecule has 0 aliphatic rings. The Morgan fingerprint density at radius 2 is 1.13 bits per heavy atom. The quantitative estimate of drug-likeness (QED) is 0.579. The minimum Gasteiger partial charge on any atom is -0.363 e. The van der Waals surface area contributed by atoms with Crippen molar-refractivity contribution in [2.24, 2.45) is 5.18 Å². The highest BCUT2D eigenvalue weighted by Crippen LogP contribution is 2.23. The minimum absolute atomic E-state index is 0.452. The van der Waals surface area contributed by atoms with Crippen molar-refractivity contribution in [3.05, 3.63) is 101 Å². The van der Waals surface area contributed by atoms with Crippen molar-refractivity contribution in [3.63, 3.8) is 0 Å². The van der Waals surface area contributed by atoms with Crippen LogP contribution in [0.4, 0.5) is 11.4 Å². The molecule has 0 aliphatic heterocycles. The van der Waals surface area contributed by atoms with Gasteiger partial charge in [0.2, 0.25) is 0 Å². The van der Waals surface area contributed by atoms with Gasteiger partial charge in [0.1, 0.15) is 5.69 Å². The fourth-order valence-corrected chi connectivity index (χ4v) is 2.57. The molecule has 0 fully saturated rings. The van der Waals surface area contributed by atoms with Gasteiger partial charge in [0.05, 0.1) is 0 Å². The van der Waals surface area contributed by atoms with Crippen LogP contribution in [0.3, 0.4) is 0 Å². The van der Waals surface area contributed by atoms with Gasteiger partial charge in [-0.3, -0.25) is 0 Å². The highest BCUT2D eigenvalue weighted by Gasteiger charge is 2.08. The lowest BCUT2D eigenvalue weighted by atomic mass is 10.1. The van der Waals surface area contributed by atoms with Crippen LogP contribution in [0.15, 0.2) is 90.1 Å². The average Bonchev–Trinajstić information content (AvgIpc) is 2.63. The van der Waals surface area contributed by atoms with Crippen LogP contribution < -0.4 is 4.90 Å². The number of benzene rings is 3. The molecule has 3 nitrogen and oxygen atoms in total. The lowest BCUT2D eigenvalue weighted by Crippen LogP contribution is -2.21. The largest absolute Gasteiger partial charge is 0.363 e. The summed E-state index contributed by atoms with van der Waals surface area (Å²) in [6, 6.07) is 28.2. The van der Waals surface area contributed by atoms with E-state index in [0.29, 0.717) is 5.69 Å². The molecular formula is C20H18N2O. The molecule has 3 aromatic rings. The van der Waals surface area contributed by atoms with Crippen molar-refractivity contribution >= 4 is 11.4 Å². The number of hydrogen-bond acceptors (Lipinski definition) is 3. The number of anilines is 1. The molecular weight excluding hydrogens is 284 g/mol. The summed E-state index contributed by atoms with van der Waals surface area (Å²) in [4.78, 5) is 12.9. The van der Waals surface area contributed by atoms with Gasteiger partial charge in [-0.1, -0.05) is 60.7 Å². The molecule has 0 bridgehead atoms. The van der Waals surface area contributed by atoms with Gasteiger partial charge in [0.25, 0.3) is 0 Å². The predicted octanol–water partition coefficient (Wildman–Crippen LogP) is 5.29. The van der Waals surface area contributed by atoms with E-state index < -0.39 is 0 Å². The zero-order valence-electron chi connectivity index (χ0n) is 12.8. The van der Waals surface area contributed by atoms with Crippen LogP contribution in [0.5, 0.6) is 0 Å². The van der Waals surface area contributed by atoms with Crippen molar-refractivity contribution < 1.29 is 0 Å². The highest BCUT2D eigenvalue weighted by atomic mass is 16.3. The Morgan fingerprint density at radius 3 is 1.57 bits per heavy atom. The predicted molar refractivity (Wildman–Crippen MR) is 94.7 cm³/mol. The lowest BCUT2D eigenvalue weighted by Gasteiger charge is -2.25. The summed E-state index contributed by atoms with van der Waals surface area (Å²) in [5, 5.41) is 2.97. The zero-order chi connectivity index (χ0) is 15.9. The number of hydrogen-bond donors (Lipinski definition) is 0. The van der Waals surface area contributed by atoms with Crippen molar-refractivity contribution in [1.29, 1.82) is 0 Å². The second-order valence-electron chi connectivity index (χ2n) is 5.43. The zero-order valence-corrected chi connectivity index (χ0v) is 12.8. The van der Waals surface area contributed by atoms with Crippen LogP contribution >= 0.6 is 0 Å². The Bertz CT molecular complexity index is 698. The van der Waals surface area contributed by atoms with E-state index in [1.165, 1.54) is 11.1 Å². The minimum atomic E-state index is 0.452. The van der Waals surface area contributed by atoms with Crippen molar-refractivity contribution in [3.8, 4) is 0 Å². The molecule has 0 N–H and O–H groups in total. The molecule has 0 radical (unpaired) electrons. The molecule has 0 saturated carbocycles. The van der Waals surface area contributed by atoms with Crippen LogP contribution in [-0.2, 0) is 13.1 Å². The van der Waals surface area contributed by atoms with Gasteiger partial charge >= 0.3 is 0 Å². The first-order chi connectivity index (χ1) is 11.3. The lowest BCUT2D eigenvalue weighted by molar-refractivity contribution is 0.800. The SMILES string of the molecule is O=Nc1ccc(N(Cc2ccccc2)Cc2ccccc2)cc1. The summed E-state index contributed by atoms with van der Waals surface area (Å²) in [5.74, 6) is 0. The fraction of sp³-hybridized carbons (Fsp3) is 0.100. The maximum Gasteiger partial charge on any atom is 0.108 e. The van der Waals surface area contributed by atoms with Gasteiger partial charge in [-0.25, -0.2) is 0 Å². The normalized spacial score (nSPS) is 10.3. The smallest absolute Gasteiger partial charge is 0.108 e. The van der Waals surface area contributed by atoms with E-state index in [1.807, 2.05) is 24.3 Å². The first kappa shape index (κ1) is 15.0. The van der Waals surface area contributed by atoms with Gasteiger partial charge in [0.15, 0.2) is 0 Å². The molecule has 0 spiro atoms. The van der Waals surface area contributed by atoms with Gasteiger partial charge in [-0.15, -0.1) is 4.91 Å². The van der Waals surface area contributed by atoms with E-state index in [9.17, 15) is 4.91 Å². The number of rotatable bonds is 6. The Balaban J connectivity index is 1.86. The maximum absolute atomic E-state index is 10.6. The van der Waals surface area contributed by atoms with Crippen LogP contribution in [-0.4, -0.2) is 0 Å². The summed E-state index contributed by atoms with van der Waals surface area (Å²) >= 11 is 0. The first-order valence-corrected chi connectivity index (χ1v) is 7.61. The topological polar surface area (TPSA) is 32.7 Å². The fourth-order valence-electron chi connectivity index (χ4n) is 2.57. The first-order valence-electron chi connectivity index (χ1n) is 7.61. The van der Waals surface area contributed by atoms with Crippen molar-refractivity contribution in [1.82, 2.24) is 0 Å². The van der Waals surface area contributed by atoms with E-state index in [-0.39, 0.29) is 0 Å². The molecule has 3 heteroatoms. The molecule has 0 aliphatic carbocycles. The molecule has 0 aromatic heterocycles. The molecule has 23 heavy (non-hydrogen) atoms. The summed E-state index contributed by atoms with van der Waals surface area (Å²) < 4.78 is 0. The molecule has 0 amide bonds. The second kappa shape index (κ2) is 7.36. The van der Waals surface area contributed by atoms with Gasteiger partial charge in [-0.2, -0.15) is 0 Å². The molecule has 114 valence electrons. The molecule has 0 atom stereocenters. The van der Waals surface area contributed by atoms with E-state index in [2.05, 4.69) is 58.6 Å². The Kier molecular flexibility index (Phi) is 4.79. The van der Waals surface area contributed by atoms with Crippen LogP contribution in [0.2, 0.25) is 0 Å². The summed E-state index contributed by atoms with van der Waals surface area (Å²) in [5.41, 5.74) is 4.03. The van der Waals surface area contributed by atoms with Gasteiger partial charge < -0.3 is 4.90 Å². The Labute approximate surface area is 136 Å². The number of nitroso groups, excluding NO2 is 1. The average molecular weight is 302 g/mol. The molecule has 0 heterocycles. The van der Waals surface area contributed by atoms with Crippen molar-refractivity contribution in [2.45, 2.75) is 13.1 Å². The van der Waals surface area contributed by atoms with Crippen LogP contribution in [0.25, 0.3) is 0 Å². The van der Waals surface area contributed by atoms with Gasteiger partial charge in [-0.05, 0) is 40.6 Å². The third-order valence-electron chi connectivity index (χ3n) is 3.75. The second-order valence-corrected chi connectivity index (χ2v) is 5.43. The molecule has 0 saturated heterocycles. The highest BCUT2D eigenvalue weighted by molar-refractivity contribution is 5.53. The van der Waals surface area contributed by atoms with E-state index >= 15 is 0 Å². The monoisotopic (exact) mass is 302 g/mol. The van der Waals surface area contributed by atoms with Crippen molar-refractivity contribution in [2.75, 3.05) is 4.90 Å². The van der Waals surface area contributed by atoms with E-state index in [1.54, 1.807) is 12.1 Å².